The molecule has 30 heavy (non-hydrogen) atoms. The number of piperazine rings is 1. The molecule has 1 fully saturated rings. The number of amides is 1. The highest BCUT2D eigenvalue weighted by molar-refractivity contribution is 6.54. The molecular formula is C24H23N5O. The third-order valence-corrected chi connectivity index (χ3v) is 5.55. The molecule has 0 atom stereocenters. The van der Waals surface area contributed by atoms with E-state index in [-0.39, 0.29) is 5.91 Å². The van der Waals surface area contributed by atoms with E-state index in [1.54, 1.807) is 0 Å². The third-order valence-electron chi connectivity index (χ3n) is 5.55. The van der Waals surface area contributed by atoms with Crippen molar-refractivity contribution in [2.75, 3.05) is 36.0 Å². The fourth-order valence-electron chi connectivity index (χ4n) is 3.99. The molecule has 3 aromatic rings. The van der Waals surface area contributed by atoms with E-state index < -0.39 is 0 Å². The van der Waals surface area contributed by atoms with Crippen molar-refractivity contribution in [3.8, 4) is 0 Å². The molecule has 6 nitrogen and oxygen atoms in total. The van der Waals surface area contributed by atoms with Gasteiger partial charge in [-0.2, -0.15) is 5.10 Å². The lowest BCUT2D eigenvalue weighted by Crippen LogP contribution is -2.45. The van der Waals surface area contributed by atoms with Crippen molar-refractivity contribution in [2.45, 2.75) is 6.54 Å². The maximum absolute atomic E-state index is 13.3. The maximum atomic E-state index is 13.3. The summed E-state index contributed by atoms with van der Waals surface area (Å²) in [7, 11) is 0. The Morgan fingerprint density at radius 3 is 2.33 bits per heavy atom. The van der Waals surface area contributed by atoms with Crippen molar-refractivity contribution in [1.82, 2.24) is 9.99 Å². The summed E-state index contributed by atoms with van der Waals surface area (Å²) in [6, 6.07) is 23.9. The molecule has 1 aromatic heterocycles. The SMILES string of the molecule is O=C1/C(=N\N2CCN(c3ccccn3)CC2)c2ccccc2N1Cc1ccccc1. The topological polar surface area (TPSA) is 52.0 Å². The summed E-state index contributed by atoms with van der Waals surface area (Å²) >= 11 is 0. The van der Waals surface area contributed by atoms with Crippen molar-refractivity contribution in [3.63, 3.8) is 0 Å². The first-order valence-corrected chi connectivity index (χ1v) is 10.2. The van der Waals surface area contributed by atoms with Gasteiger partial charge in [0.05, 0.1) is 25.3 Å². The van der Waals surface area contributed by atoms with Gasteiger partial charge < -0.3 is 9.80 Å². The van der Waals surface area contributed by atoms with Crippen LogP contribution in [0.2, 0.25) is 0 Å². The van der Waals surface area contributed by atoms with Gasteiger partial charge in [0.15, 0.2) is 5.71 Å². The Hall–Kier alpha value is -3.67. The number of carbonyl (C=O) groups excluding carboxylic acids is 1. The number of hydrazone groups is 1. The van der Waals surface area contributed by atoms with Gasteiger partial charge in [-0.3, -0.25) is 9.80 Å². The first-order chi connectivity index (χ1) is 14.8. The Morgan fingerprint density at radius 2 is 1.57 bits per heavy atom. The van der Waals surface area contributed by atoms with Crippen LogP contribution < -0.4 is 9.80 Å². The highest BCUT2D eigenvalue weighted by atomic mass is 16.2. The molecule has 0 saturated carbocycles. The van der Waals surface area contributed by atoms with Crippen molar-refractivity contribution >= 4 is 23.1 Å². The molecule has 0 unspecified atom stereocenters. The molecule has 2 aliphatic heterocycles. The van der Waals surface area contributed by atoms with Crippen LogP contribution >= 0.6 is 0 Å². The minimum atomic E-state index is -0.0350. The number of para-hydroxylation sites is 1. The van der Waals surface area contributed by atoms with Crippen LogP contribution in [0.4, 0.5) is 11.5 Å². The molecule has 3 heterocycles. The average Bonchev–Trinajstić information content (AvgIpc) is 3.07. The van der Waals surface area contributed by atoms with E-state index in [2.05, 4.69) is 9.88 Å². The second-order valence-corrected chi connectivity index (χ2v) is 7.47. The van der Waals surface area contributed by atoms with Crippen LogP contribution in [0.5, 0.6) is 0 Å². The monoisotopic (exact) mass is 397 g/mol. The standard InChI is InChI=1S/C24H23N5O/c30-24-23(26-28-16-14-27(15-17-28)22-12-6-7-13-25-22)20-10-4-5-11-21(20)29(24)18-19-8-2-1-3-9-19/h1-13H,14-18H2/b26-23-. The summed E-state index contributed by atoms with van der Waals surface area (Å²) in [5.41, 5.74) is 3.47. The summed E-state index contributed by atoms with van der Waals surface area (Å²) in [5, 5.41) is 6.80. The van der Waals surface area contributed by atoms with E-state index in [1.165, 1.54) is 0 Å². The van der Waals surface area contributed by atoms with Gasteiger partial charge in [0.25, 0.3) is 5.91 Å². The maximum Gasteiger partial charge on any atom is 0.279 e. The zero-order valence-electron chi connectivity index (χ0n) is 16.7. The van der Waals surface area contributed by atoms with Crippen LogP contribution in [0.3, 0.4) is 0 Å². The van der Waals surface area contributed by atoms with Crippen LogP contribution in [0.1, 0.15) is 11.1 Å². The van der Waals surface area contributed by atoms with Crippen LogP contribution in [0, 0.1) is 0 Å². The second kappa shape index (κ2) is 7.99. The molecule has 1 amide bonds. The molecule has 6 heteroatoms. The lowest BCUT2D eigenvalue weighted by atomic mass is 10.1. The Labute approximate surface area is 176 Å². The lowest BCUT2D eigenvalue weighted by molar-refractivity contribution is -0.112. The first-order valence-electron chi connectivity index (χ1n) is 10.2. The Kier molecular flexibility index (Phi) is 4.89. The number of anilines is 2. The molecule has 150 valence electrons. The summed E-state index contributed by atoms with van der Waals surface area (Å²) < 4.78 is 0. The number of carbonyl (C=O) groups is 1. The molecule has 0 spiro atoms. The van der Waals surface area contributed by atoms with E-state index in [0.717, 1.165) is 48.8 Å². The normalized spacial score (nSPS) is 17.5. The van der Waals surface area contributed by atoms with E-state index in [0.29, 0.717) is 12.3 Å². The number of pyridine rings is 1. The molecular weight excluding hydrogens is 374 g/mol. The van der Waals surface area contributed by atoms with Crippen LogP contribution in [0.15, 0.2) is 84.1 Å². The predicted octanol–water partition coefficient (Wildman–Crippen LogP) is 3.15. The minimum absolute atomic E-state index is 0.0350. The summed E-state index contributed by atoms with van der Waals surface area (Å²) in [5.74, 6) is 0.952. The molecule has 2 aromatic carbocycles. The first kappa shape index (κ1) is 18.4. The molecule has 0 bridgehead atoms. The summed E-state index contributed by atoms with van der Waals surface area (Å²) in [6.07, 6.45) is 1.82. The second-order valence-electron chi connectivity index (χ2n) is 7.47. The van der Waals surface area contributed by atoms with Gasteiger partial charge in [0.1, 0.15) is 5.82 Å². The average molecular weight is 397 g/mol. The molecule has 0 N–H and O–H groups in total. The van der Waals surface area contributed by atoms with Gasteiger partial charge in [-0.05, 0) is 23.8 Å². The highest BCUT2D eigenvalue weighted by Crippen LogP contribution is 2.31. The number of benzene rings is 2. The highest BCUT2D eigenvalue weighted by Gasteiger charge is 2.34. The number of nitrogens with zero attached hydrogens (tertiary/aromatic N) is 5. The zero-order chi connectivity index (χ0) is 20.3. The van der Waals surface area contributed by atoms with Gasteiger partial charge in [-0.1, -0.05) is 54.6 Å². The van der Waals surface area contributed by atoms with Gasteiger partial charge in [-0.25, -0.2) is 4.98 Å². The van der Waals surface area contributed by atoms with Crippen LogP contribution in [0.25, 0.3) is 0 Å². The lowest BCUT2D eigenvalue weighted by Gasteiger charge is -2.34. The van der Waals surface area contributed by atoms with Gasteiger partial charge in [0.2, 0.25) is 0 Å². The Bertz CT molecular complexity index is 1060. The Balaban J connectivity index is 1.35. The number of fused-ring (bicyclic) bond motifs is 1. The predicted molar refractivity (Wildman–Crippen MR) is 119 cm³/mol. The fraction of sp³-hybridized carbons (Fsp3) is 0.208. The van der Waals surface area contributed by atoms with Gasteiger partial charge >= 0.3 is 0 Å². The summed E-state index contributed by atoms with van der Waals surface area (Å²) in [4.78, 5) is 21.8. The van der Waals surface area contributed by atoms with Gasteiger partial charge in [0, 0.05) is 24.8 Å². The quantitative estimate of drug-likeness (QED) is 0.679. The smallest absolute Gasteiger partial charge is 0.279 e. The number of aromatic nitrogens is 1. The van der Waals surface area contributed by atoms with Crippen molar-refractivity contribution in [3.05, 3.63) is 90.1 Å². The molecule has 0 aliphatic carbocycles. The Morgan fingerprint density at radius 1 is 0.833 bits per heavy atom. The third kappa shape index (κ3) is 3.52. The van der Waals surface area contributed by atoms with E-state index >= 15 is 0 Å². The molecule has 5 rings (SSSR count). The van der Waals surface area contributed by atoms with Crippen LogP contribution in [-0.4, -0.2) is 47.8 Å². The van der Waals surface area contributed by atoms with Gasteiger partial charge in [-0.15, -0.1) is 0 Å². The summed E-state index contributed by atoms with van der Waals surface area (Å²) in [6.45, 7) is 3.72. The number of hydrogen-bond acceptors (Lipinski definition) is 5. The molecule has 0 radical (unpaired) electrons. The molecule has 1 saturated heterocycles. The van der Waals surface area contributed by atoms with E-state index in [4.69, 9.17) is 5.10 Å². The zero-order valence-corrected chi connectivity index (χ0v) is 16.7. The van der Waals surface area contributed by atoms with Crippen molar-refractivity contribution in [1.29, 1.82) is 0 Å². The van der Waals surface area contributed by atoms with Crippen molar-refractivity contribution in [2.24, 2.45) is 5.10 Å². The largest absolute Gasteiger partial charge is 0.353 e. The van der Waals surface area contributed by atoms with Crippen molar-refractivity contribution < 1.29 is 4.79 Å². The van der Waals surface area contributed by atoms with Crippen LogP contribution in [-0.2, 0) is 11.3 Å². The minimum Gasteiger partial charge on any atom is -0.353 e. The van der Waals surface area contributed by atoms with E-state index in [9.17, 15) is 4.79 Å². The fourth-order valence-corrected chi connectivity index (χ4v) is 3.99. The number of hydrogen-bond donors (Lipinski definition) is 0. The number of rotatable bonds is 4. The van der Waals surface area contributed by atoms with E-state index in [1.807, 2.05) is 88.9 Å². The molecule has 2 aliphatic rings.